The molecule has 0 bridgehead atoms. The molecule has 0 amide bonds. The van der Waals surface area contributed by atoms with Gasteiger partial charge in [-0.25, -0.2) is 4.98 Å². The lowest BCUT2D eigenvalue weighted by molar-refractivity contribution is 0.389. The Morgan fingerprint density at radius 3 is 2.71 bits per heavy atom. The van der Waals surface area contributed by atoms with Crippen molar-refractivity contribution in [2.45, 2.75) is 0 Å². The van der Waals surface area contributed by atoms with Gasteiger partial charge in [-0.15, -0.1) is 0 Å². The number of pyridine rings is 1. The molecule has 1 heterocycles. The molecule has 2 aromatic rings. The number of nitrogens with two attached hydrogens (primary N) is 1. The maximum Gasteiger partial charge on any atom is 0.213 e. The average Bonchev–Trinajstić information content (AvgIpc) is 2.39. The summed E-state index contributed by atoms with van der Waals surface area (Å²) in [6.07, 6.45) is 1.66. The molecule has 17 heavy (non-hydrogen) atoms. The number of methoxy groups -OCH3 is 1. The maximum absolute atomic E-state index is 8.92. The van der Waals surface area contributed by atoms with E-state index in [1.54, 1.807) is 25.4 Å². The van der Waals surface area contributed by atoms with E-state index in [4.69, 9.17) is 15.7 Å². The van der Waals surface area contributed by atoms with Crippen LogP contribution >= 0.6 is 0 Å². The standard InChI is InChI=1S/C12H13N3O2/c1-17-12-7-9(4-5-14-12)8-2-3-10(13)11(6-8)15-16/h2-7,15-16H,13H2,1H3. The highest BCUT2D eigenvalue weighted by atomic mass is 16.5. The van der Waals surface area contributed by atoms with Gasteiger partial charge in [0, 0.05) is 12.3 Å². The highest BCUT2D eigenvalue weighted by molar-refractivity contribution is 5.75. The number of benzene rings is 1. The number of nitrogen functional groups attached to an aromatic ring is 1. The number of nitrogens with one attached hydrogen (secondary N) is 1. The van der Waals surface area contributed by atoms with Crippen molar-refractivity contribution in [1.29, 1.82) is 0 Å². The number of nitrogens with zero attached hydrogens (tertiary/aromatic N) is 1. The van der Waals surface area contributed by atoms with E-state index in [0.717, 1.165) is 11.1 Å². The van der Waals surface area contributed by atoms with Gasteiger partial charge in [0.25, 0.3) is 0 Å². The zero-order chi connectivity index (χ0) is 12.3. The Kier molecular flexibility index (Phi) is 3.11. The second-order valence-corrected chi connectivity index (χ2v) is 3.50. The summed E-state index contributed by atoms with van der Waals surface area (Å²) < 4.78 is 5.06. The molecule has 0 aliphatic rings. The Labute approximate surface area is 98.8 Å². The van der Waals surface area contributed by atoms with Gasteiger partial charge in [0.05, 0.1) is 18.5 Å². The Morgan fingerprint density at radius 1 is 1.24 bits per heavy atom. The van der Waals surface area contributed by atoms with E-state index >= 15 is 0 Å². The van der Waals surface area contributed by atoms with Gasteiger partial charge < -0.3 is 10.5 Å². The first-order chi connectivity index (χ1) is 8.24. The Balaban J connectivity index is 2.45. The van der Waals surface area contributed by atoms with Crippen LogP contribution in [0.5, 0.6) is 5.88 Å². The van der Waals surface area contributed by atoms with Gasteiger partial charge in [0.2, 0.25) is 5.88 Å². The van der Waals surface area contributed by atoms with Crippen molar-refractivity contribution in [2.75, 3.05) is 18.3 Å². The summed E-state index contributed by atoms with van der Waals surface area (Å²) >= 11 is 0. The summed E-state index contributed by atoms with van der Waals surface area (Å²) in [7, 11) is 1.57. The zero-order valence-electron chi connectivity index (χ0n) is 9.34. The van der Waals surface area contributed by atoms with Gasteiger partial charge in [0.15, 0.2) is 0 Å². The lowest BCUT2D eigenvalue weighted by Crippen LogP contribution is -1.96. The zero-order valence-corrected chi connectivity index (χ0v) is 9.34. The van der Waals surface area contributed by atoms with Crippen LogP contribution < -0.4 is 16.0 Å². The second-order valence-electron chi connectivity index (χ2n) is 3.50. The van der Waals surface area contributed by atoms with E-state index in [1.165, 1.54) is 0 Å². The molecular weight excluding hydrogens is 218 g/mol. The third-order valence-corrected chi connectivity index (χ3v) is 2.45. The van der Waals surface area contributed by atoms with Gasteiger partial charge in [0.1, 0.15) is 0 Å². The SMILES string of the molecule is COc1cc(-c2ccc(N)c(NO)c2)ccn1. The van der Waals surface area contributed by atoms with Crippen LogP contribution in [0.2, 0.25) is 0 Å². The molecule has 0 aliphatic carbocycles. The predicted octanol–water partition coefficient (Wildman–Crippen LogP) is 2.14. The van der Waals surface area contributed by atoms with Crippen molar-refractivity contribution >= 4 is 11.4 Å². The Hall–Kier alpha value is -2.27. The van der Waals surface area contributed by atoms with Crippen LogP contribution in [-0.4, -0.2) is 17.3 Å². The van der Waals surface area contributed by atoms with E-state index in [-0.39, 0.29) is 0 Å². The van der Waals surface area contributed by atoms with Gasteiger partial charge in [-0.3, -0.25) is 10.7 Å². The van der Waals surface area contributed by atoms with E-state index in [2.05, 4.69) is 10.5 Å². The van der Waals surface area contributed by atoms with Gasteiger partial charge in [-0.1, -0.05) is 6.07 Å². The second kappa shape index (κ2) is 4.71. The summed E-state index contributed by atoms with van der Waals surface area (Å²) in [5.74, 6) is 0.540. The third kappa shape index (κ3) is 2.29. The number of hydrogen-bond donors (Lipinski definition) is 3. The Bertz CT molecular complexity index is 529. The van der Waals surface area contributed by atoms with Crippen LogP contribution in [0.15, 0.2) is 36.5 Å². The number of aromatic nitrogens is 1. The lowest BCUT2D eigenvalue weighted by Gasteiger charge is -2.08. The summed E-state index contributed by atoms with van der Waals surface area (Å²) in [6.45, 7) is 0. The molecule has 1 aromatic carbocycles. The number of anilines is 2. The predicted molar refractivity (Wildman–Crippen MR) is 66.0 cm³/mol. The first kappa shape index (κ1) is 11.2. The number of ether oxygens (including phenoxy) is 1. The van der Waals surface area contributed by atoms with Crippen molar-refractivity contribution in [2.24, 2.45) is 0 Å². The molecule has 0 saturated carbocycles. The molecule has 5 heteroatoms. The first-order valence-electron chi connectivity index (χ1n) is 5.04. The summed E-state index contributed by atoms with van der Waals surface area (Å²) in [6, 6.07) is 9.01. The smallest absolute Gasteiger partial charge is 0.213 e. The molecule has 0 fully saturated rings. The third-order valence-electron chi connectivity index (χ3n) is 2.45. The molecule has 0 aliphatic heterocycles. The fourth-order valence-electron chi connectivity index (χ4n) is 1.53. The Morgan fingerprint density at radius 2 is 2.00 bits per heavy atom. The fraction of sp³-hybridized carbons (Fsp3) is 0.0833. The van der Waals surface area contributed by atoms with E-state index < -0.39 is 0 Å². The van der Waals surface area contributed by atoms with E-state index in [9.17, 15) is 0 Å². The van der Waals surface area contributed by atoms with Crippen LogP contribution in [0.3, 0.4) is 0 Å². The van der Waals surface area contributed by atoms with Crippen LogP contribution in [-0.2, 0) is 0 Å². The molecule has 0 atom stereocenters. The van der Waals surface area contributed by atoms with Crippen molar-refractivity contribution < 1.29 is 9.94 Å². The molecule has 2 rings (SSSR count). The molecule has 0 saturated heterocycles. The monoisotopic (exact) mass is 231 g/mol. The first-order valence-corrected chi connectivity index (χ1v) is 5.04. The topological polar surface area (TPSA) is 80.4 Å². The van der Waals surface area contributed by atoms with Crippen molar-refractivity contribution in [3.8, 4) is 17.0 Å². The summed E-state index contributed by atoms with van der Waals surface area (Å²) in [5, 5.41) is 8.92. The molecule has 0 spiro atoms. The molecule has 88 valence electrons. The van der Waals surface area contributed by atoms with Crippen LogP contribution in [0.25, 0.3) is 11.1 Å². The lowest BCUT2D eigenvalue weighted by atomic mass is 10.1. The van der Waals surface area contributed by atoms with Gasteiger partial charge >= 0.3 is 0 Å². The van der Waals surface area contributed by atoms with Crippen LogP contribution in [0.1, 0.15) is 0 Å². The largest absolute Gasteiger partial charge is 0.481 e. The fourth-order valence-corrected chi connectivity index (χ4v) is 1.53. The van der Waals surface area contributed by atoms with Crippen LogP contribution in [0.4, 0.5) is 11.4 Å². The molecule has 4 N–H and O–H groups in total. The van der Waals surface area contributed by atoms with Crippen LogP contribution in [0, 0.1) is 0 Å². The van der Waals surface area contributed by atoms with E-state index in [1.807, 2.05) is 18.2 Å². The minimum atomic E-state index is 0.471. The van der Waals surface area contributed by atoms with Crippen molar-refractivity contribution in [3.05, 3.63) is 36.5 Å². The molecule has 0 unspecified atom stereocenters. The number of rotatable bonds is 3. The van der Waals surface area contributed by atoms with E-state index in [0.29, 0.717) is 17.3 Å². The van der Waals surface area contributed by atoms with Gasteiger partial charge in [-0.2, -0.15) is 0 Å². The quantitative estimate of drug-likeness (QED) is 0.557. The minimum Gasteiger partial charge on any atom is -0.481 e. The molecule has 0 radical (unpaired) electrons. The highest BCUT2D eigenvalue weighted by Gasteiger charge is 2.04. The minimum absolute atomic E-state index is 0.471. The van der Waals surface area contributed by atoms with Crippen molar-refractivity contribution in [3.63, 3.8) is 0 Å². The highest BCUT2D eigenvalue weighted by Crippen LogP contribution is 2.28. The molecule has 5 nitrogen and oxygen atoms in total. The maximum atomic E-state index is 8.92. The molecular formula is C12H13N3O2. The number of hydrogen-bond acceptors (Lipinski definition) is 5. The average molecular weight is 231 g/mol. The molecule has 1 aromatic heterocycles. The summed E-state index contributed by atoms with van der Waals surface area (Å²) in [4.78, 5) is 4.03. The summed E-state index contributed by atoms with van der Waals surface area (Å²) in [5.41, 5.74) is 10.5. The van der Waals surface area contributed by atoms with Crippen molar-refractivity contribution in [1.82, 2.24) is 4.98 Å². The van der Waals surface area contributed by atoms with Gasteiger partial charge in [-0.05, 0) is 29.3 Å². The normalized spacial score (nSPS) is 10.0.